The summed E-state index contributed by atoms with van der Waals surface area (Å²) in [6, 6.07) is 8.12. The SMILES string of the molecule is CCOC(=O)[C@@]12C[C@H]1/C=C\CCCCC[C@H](CC(=O)OC(C)(C)C)C(=O)N1C[C@@H]3CN(C(=O)c4cc(OC)c5ccccc5n4)C[C@@H]3[C@H]1C(=O)N2. The number of methoxy groups -OCH3 is 1. The van der Waals surface area contributed by atoms with Crippen LogP contribution < -0.4 is 10.1 Å². The lowest BCUT2D eigenvalue weighted by Crippen LogP contribution is -2.56. The van der Waals surface area contributed by atoms with Crippen LogP contribution in [-0.4, -0.2) is 95.0 Å². The maximum atomic E-state index is 14.5. The van der Waals surface area contributed by atoms with Crippen LogP contribution in [0, 0.1) is 23.7 Å². The number of nitrogens with one attached hydrogen (secondary N) is 1. The molecule has 1 aromatic carbocycles. The molecule has 0 bridgehead atoms. The van der Waals surface area contributed by atoms with Gasteiger partial charge in [-0.3, -0.25) is 19.2 Å². The van der Waals surface area contributed by atoms with Crippen molar-refractivity contribution in [1.82, 2.24) is 20.1 Å². The van der Waals surface area contributed by atoms with E-state index in [1.807, 2.05) is 30.3 Å². The highest BCUT2D eigenvalue weighted by molar-refractivity contribution is 5.98. The second-order valence-electron chi connectivity index (χ2n) is 15.3. The number of carbonyl (C=O) groups excluding carboxylic acids is 5. The quantitative estimate of drug-likeness (QED) is 0.341. The number of rotatable bonds is 6. The summed E-state index contributed by atoms with van der Waals surface area (Å²) in [5.74, 6) is -2.93. The van der Waals surface area contributed by atoms with E-state index < -0.39 is 46.9 Å². The van der Waals surface area contributed by atoms with Crippen LogP contribution in [0.25, 0.3) is 10.9 Å². The van der Waals surface area contributed by atoms with Gasteiger partial charge in [0.2, 0.25) is 11.8 Å². The highest BCUT2D eigenvalue weighted by Crippen LogP contribution is 2.47. The fourth-order valence-electron chi connectivity index (χ4n) is 8.08. The van der Waals surface area contributed by atoms with Gasteiger partial charge in [0.1, 0.15) is 28.6 Å². The molecule has 274 valence electrons. The van der Waals surface area contributed by atoms with Crippen molar-refractivity contribution in [3.8, 4) is 5.75 Å². The minimum atomic E-state index is -1.22. The molecule has 1 aliphatic carbocycles. The molecule has 0 spiro atoms. The molecular weight excluding hydrogens is 652 g/mol. The summed E-state index contributed by atoms with van der Waals surface area (Å²) in [4.78, 5) is 77.3. The van der Waals surface area contributed by atoms with E-state index >= 15 is 0 Å². The zero-order chi connectivity index (χ0) is 36.5. The number of likely N-dealkylation sites (tertiary alicyclic amines) is 1. The van der Waals surface area contributed by atoms with Gasteiger partial charge in [0.05, 0.1) is 25.7 Å². The van der Waals surface area contributed by atoms with E-state index in [4.69, 9.17) is 14.2 Å². The lowest BCUT2D eigenvalue weighted by molar-refractivity contribution is -0.159. The van der Waals surface area contributed by atoms with Crippen LogP contribution in [0.5, 0.6) is 5.75 Å². The molecule has 0 radical (unpaired) electrons. The van der Waals surface area contributed by atoms with Gasteiger partial charge in [-0.25, -0.2) is 9.78 Å². The number of ether oxygens (including phenoxy) is 3. The normalized spacial score (nSPS) is 28.8. The van der Waals surface area contributed by atoms with Crippen molar-refractivity contribution in [1.29, 1.82) is 0 Å². The Morgan fingerprint density at radius 2 is 1.84 bits per heavy atom. The summed E-state index contributed by atoms with van der Waals surface area (Å²) in [5, 5.41) is 3.83. The molecular formula is C39H50N4O8. The number of allylic oxidation sites excluding steroid dienone is 1. The number of hydrogen-bond donors (Lipinski definition) is 1. The maximum absolute atomic E-state index is 14.5. The molecule has 3 amide bonds. The van der Waals surface area contributed by atoms with Crippen LogP contribution in [0.15, 0.2) is 42.5 Å². The third-order valence-corrected chi connectivity index (χ3v) is 10.6. The first-order chi connectivity index (χ1) is 24.3. The summed E-state index contributed by atoms with van der Waals surface area (Å²) in [6.07, 6.45) is 8.14. The van der Waals surface area contributed by atoms with Crippen LogP contribution in [0.2, 0.25) is 0 Å². The van der Waals surface area contributed by atoms with Gasteiger partial charge in [0.25, 0.3) is 5.91 Å². The highest BCUT2D eigenvalue weighted by atomic mass is 16.6. The number of aromatic nitrogens is 1. The molecule has 3 fully saturated rings. The fourth-order valence-corrected chi connectivity index (χ4v) is 8.08. The molecule has 6 rings (SSSR count). The summed E-state index contributed by atoms with van der Waals surface area (Å²) >= 11 is 0. The van der Waals surface area contributed by atoms with Crippen LogP contribution >= 0.6 is 0 Å². The third-order valence-electron chi connectivity index (χ3n) is 10.6. The predicted molar refractivity (Wildman–Crippen MR) is 188 cm³/mol. The second kappa shape index (κ2) is 14.6. The minimum Gasteiger partial charge on any atom is -0.496 e. The number of benzene rings is 1. The van der Waals surface area contributed by atoms with E-state index in [2.05, 4.69) is 16.4 Å². The van der Waals surface area contributed by atoms with Gasteiger partial charge >= 0.3 is 11.9 Å². The molecule has 3 aliphatic heterocycles. The lowest BCUT2D eigenvalue weighted by Gasteiger charge is -2.32. The average Bonchev–Trinajstić information content (AvgIpc) is 3.43. The van der Waals surface area contributed by atoms with Crippen LogP contribution in [0.1, 0.15) is 83.1 Å². The van der Waals surface area contributed by atoms with E-state index in [0.717, 1.165) is 31.1 Å². The van der Waals surface area contributed by atoms with E-state index in [0.29, 0.717) is 30.7 Å². The van der Waals surface area contributed by atoms with Crippen molar-refractivity contribution >= 4 is 40.6 Å². The number of esters is 2. The highest BCUT2D eigenvalue weighted by Gasteiger charge is 2.63. The van der Waals surface area contributed by atoms with Crippen molar-refractivity contribution in [2.45, 2.75) is 89.8 Å². The molecule has 4 heterocycles. The van der Waals surface area contributed by atoms with E-state index in [-0.39, 0.29) is 55.5 Å². The third kappa shape index (κ3) is 7.60. The topological polar surface area (TPSA) is 144 Å². The molecule has 0 unspecified atom stereocenters. The van der Waals surface area contributed by atoms with Crippen LogP contribution in [-0.2, 0) is 28.7 Å². The van der Waals surface area contributed by atoms with Gasteiger partial charge in [-0.15, -0.1) is 0 Å². The standard InChI is InChI=1S/C39H50N4O8/c1-6-50-37(48)39-20-26(39)15-11-9-7-8-10-14-24(18-32(44)51-38(2,3)4)35(46)43-22-25-21-42(23-28(25)33(43)34(45)41-39)36(47)30-19-31(49-5)27-16-12-13-17-29(27)40-30/h11-13,15-17,19,24-26,28,33H,6-10,14,18,20-23H2,1-5H3,(H,41,45)/b15-11-/t24-,25+,26-,28+,33+,39-/m1/s1. The maximum Gasteiger partial charge on any atom is 0.332 e. The smallest absolute Gasteiger partial charge is 0.332 e. The fraction of sp³-hybridized carbons (Fsp3) is 0.590. The van der Waals surface area contributed by atoms with Crippen molar-refractivity contribution < 1.29 is 38.2 Å². The number of para-hydroxylation sites is 1. The Hall–Kier alpha value is -4.48. The largest absolute Gasteiger partial charge is 0.496 e. The van der Waals surface area contributed by atoms with Crippen molar-refractivity contribution in [2.75, 3.05) is 33.4 Å². The Morgan fingerprint density at radius 3 is 2.59 bits per heavy atom. The minimum absolute atomic E-state index is 0.0922. The summed E-state index contributed by atoms with van der Waals surface area (Å²) in [7, 11) is 1.55. The molecule has 6 atom stereocenters. The van der Waals surface area contributed by atoms with Crippen LogP contribution in [0.4, 0.5) is 0 Å². The van der Waals surface area contributed by atoms with Gasteiger partial charge in [-0.2, -0.15) is 0 Å². The molecule has 1 saturated carbocycles. The zero-order valence-corrected chi connectivity index (χ0v) is 30.3. The molecule has 1 N–H and O–H groups in total. The number of amides is 3. The predicted octanol–water partition coefficient (Wildman–Crippen LogP) is 4.45. The van der Waals surface area contributed by atoms with Crippen molar-refractivity contribution in [3.05, 3.63) is 48.2 Å². The van der Waals surface area contributed by atoms with E-state index in [1.54, 1.807) is 50.7 Å². The molecule has 12 nitrogen and oxygen atoms in total. The molecule has 2 aromatic rings. The van der Waals surface area contributed by atoms with E-state index in [1.165, 1.54) is 0 Å². The Labute approximate surface area is 299 Å². The number of carbonyl (C=O) groups is 5. The number of hydrogen-bond acceptors (Lipinski definition) is 9. The summed E-state index contributed by atoms with van der Waals surface area (Å²) < 4.78 is 16.6. The number of fused-ring (bicyclic) bond motifs is 5. The number of pyridine rings is 1. The monoisotopic (exact) mass is 702 g/mol. The van der Waals surface area contributed by atoms with Crippen LogP contribution in [0.3, 0.4) is 0 Å². The molecule has 51 heavy (non-hydrogen) atoms. The Bertz CT molecular complexity index is 1720. The first kappa shape index (κ1) is 36.3. The molecule has 4 aliphatic rings. The van der Waals surface area contributed by atoms with Gasteiger partial charge in [0.15, 0.2) is 0 Å². The molecule has 12 heteroatoms. The van der Waals surface area contributed by atoms with Gasteiger partial charge in [-0.05, 0) is 65.5 Å². The molecule has 1 aromatic heterocycles. The average molecular weight is 703 g/mol. The molecule has 2 saturated heterocycles. The lowest BCUT2D eigenvalue weighted by atomic mass is 9.92. The Kier molecular flexibility index (Phi) is 10.4. The summed E-state index contributed by atoms with van der Waals surface area (Å²) in [5.41, 5.74) is -1.06. The van der Waals surface area contributed by atoms with Gasteiger partial charge < -0.3 is 29.3 Å². The number of nitrogens with zero attached hydrogens (tertiary/aromatic N) is 3. The van der Waals surface area contributed by atoms with E-state index in [9.17, 15) is 24.0 Å². The first-order valence-corrected chi connectivity index (χ1v) is 18.3. The van der Waals surface area contributed by atoms with Crippen molar-refractivity contribution in [3.63, 3.8) is 0 Å². The Balaban J connectivity index is 1.31. The van der Waals surface area contributed by atoms with Gasteiger partial charge in [0, 0.05) is 54.8 Å². The second-order valence-corrected chi connectivity index (χ2v) is 15.3. The zero-order valence-electron chi connectivity index (χ0n) is 30.3. The summed E-state index contributed by atoms with van der Waals surface area (Å²) in [6.45, 7) is 8.04. The van der Waals surface area contributed by atoms with Gasteiger partial charge in [-0.1, -0.05) is 37.1 Å². The Morgan fingerprint density at radius 1 is 1.06 bits per heavy atom. The van der Waals surface area contributed by atoms with Crippen molar-refractivity contribution in [2.24, 2.45) is 23.7 Å². The first-order valence-electron chi connectivity index (χ1n) is 18.3.